The summed E-state index contributed by atoms with van der Waals surface area (Å²) in [5.74, 6) is 0.689. The van der Waals surface area contributed by atoms with E-state index in [9.17, 15) is 9.59 Å². The Hall–Kier alpha value is -1.24. The van der Waals surface area contributed by atoms with Crippen LogP contribution < -0.4 is 11.1 Å². The topological polar surface area (TPSA) is 75.4 Å². The van der Waals surface area contributed by atoms with Crippen molar-refractivity contribution in [2.24, 2.45) is 11.7 Å². The number of rotatable bonds is 6. The monoisotopic (exact) mass is 399 g/mol. The van der Waals surface area contributed by atoms with Crippen molar-refractivity contribution < 1.29 is 9.59 Å². The van der Waals surface area contributed by atoms with E-state index in [-0.39, 0.29) is 36.3 Å². The van der Waals surface area contributed by atoms with E-state index in [0.717, 1.165) is 24.3 Å². The van der Waals surface area contributed by atoms with E-state index in [1.807, 2.05) is 49.9 Å². The zero-order valence-corrected chi connectivity index (χ0v) is 17.4. The van der Waals surface area contributed by atoms with Gasteiger partial charge in [0.1, 0.15) is 0 Å². The van der Waals surface area contributed by atoms with Crippen LogP contribution in [0.2, 0.25) is 0 Å². The lowest BCUT2D eigenvalue weighted by atomic mass is 9.92. The van der Waals surface area contributed by atoms with E-state index in [2.05, 4.69) is 5.32 Å². The van der Waals surface area contributed by atoms with E-state index in [4.69, 9.17) is 5.73 Å². The fraction of sp³-hybridized carbons (Fsp3) is 0.579. The number of amides is 2. The number of piperidine rings is 1. The number of benzene rings is 1. The fourth-order valence-electron chi connectivity index (χ4n) is 3.07. The van der Waals surface area contributed by atoms with Crippen LogP contribution in [0.15, 0.2) is 29.2 Å². The molecule has 5 nitrogen and oxygen atoms in total. The molecule has 2 rings (SSSR count). The van der Waals surface area contributed by atoms with Gasteiger partial charge in [0.05, 0.1) is 11.3 Å². The Balaban J connectivity index is 0.00000338. The SMILES string of the molecule is CC(C)NC(=O)CSc1ccccc1C(=O)N1CCCC(C(C)N)C1.Cl. The number of nitrogens with zero attached hydrogens (tertiary/aromatic N) is 1. The van der Waals surface area contributed by atoms with E-state index in [1.165, 1.54) is 11.8 Å². The summed E-state index contributed by atoms with van der Waals surface area (Å²) in [7, 11) is 0. The van der Waals surface area contributed by atoms with Gasteiger partial charge in [0.25, 0.3) is 5.91 Å². The standard InChI is InChI=1S/C19H29N3O2S.ClH/c1-13(2)21-18(23)12-25-17-9-5-4-8-16(17)19(24)22-10-6-7-15(11-22)14(3)20;/h4-5,8-9,13-15H,6-7,10-12,20H2,1-3H3,(H,21,23);1H. The molecule has 1 fully saturated rings. The Labute approximate surface area is 166 Å². The molecule has 0 aliphatic carbocycles. The molecule has 1 heterocycles. The molecule has 1 saturated heterocycles. The lowest BCUT2D eigenvalue weighted by molar-refractivity contribution is -0.119. The van der Waals surface area contributed by atoms with Crippen LogP contribution in [0.5, 0.6) is 0 Å². The van der Waals surface area contributed by atoms with Crippen LogP contribution in [-0.2, 0) is 4.79 Å². The molecule has 0 radical (unpaired) electrons. The summed E-state index contributed by atoms with van der Waals surface area (Å²) in [6.07, 6.45) is 2.07. The van der Waals surface area contributed by atoms with Gasteiger partial charge in [0, 0.05) is 30.1 Å². The van der Waals surface area contributed by atoms with Crippen molar-refractivity contribution in [2.75, 3.05) is 18.8 Å². The summed E-state index contributed by atoms with van der Waals surface area (Å²) in [5, 5.41) is 2.87. The lowest BCUT2D eigenvalue weighted by Gasteiger charge is -2.35. The summed E-state index contributed by atoms with van der Waals surface area (Å²) in [6.45, 7) is 7.37. The number of halogens is 1. The van der Waals surface area contributed by atoms with Crippen LogP contribution >= 0.6 is 24.2 Å². The molecular formula is C19H30ClN3O2S. The normalized spacial score (nSPS) is 18.2. The second-order valence-corrected chi connectivity index (χ2v) is 8.04. The van der Waals surface area contributed by atoms with E-state index < -0.39 is 0 Å². The van der Waals surface area contributed by atoms with Crippen molar-refractivity contribution in [3.05, 3.63) is 29.8 Å². The molecule has 3 N–H and O–H groups in total. The Morgan fingerprint density at radius 1 is 1.31 bits per heavy atom. The Morgan fingerprint density at radius 2 is 2.00 bits per heavy atom. The van der Waals surface area contributed by atoms with E-state index >= 15 is 0 Å². The third-order valence-corrected chi connectivity index (χ3v) is 5.49. The number of carbonyl (C=O) groups excluding carboxylic acids is 2. The first-order valence-corrected chi connectivity index (χ1v) is 9.93. The summed E-state index contributed by atoms with van der Waals surface area (Å²) in [6, 6.07) is 7.75. The summed E-state index contributed by atoms with van der Waals surface area (Å²) in [4.78, 5) is 27.6. The highest BCUT2D eigenvalue weighted by Gasteiger charge is 2.27. The highest BCUT2D eigenvalue weighted by Crippen LogP contribution is 2.26. The molecule has 2 unspecified atom stereocenters. The van der Waals surface area contributed by atoms with Crippen molar-refractivity contribution in [1.82, 2.24) is 10.2 Å². The number of nitrogens with two attached hydrogens (primary N) is 1. The second kappa shape index (κ2) is 10.8. The minimum atomic E-state index is -0.0164. The number of thioether (sulfide) groups is 1. The van der Waals surface area contributed by atoms with Gasteiger partial charge in [-0.2, -0.15) is 0 Å². The number of hydrogen-bond donors (Lipinski definition) is 2. The largest absolute Gasteiger partial charge is 0.353 e. The van der Waals surface area contributed by atoms with Crippen LogP contribution in [0.1, 0.15) is 44.0 Å². The Kier molecular flexibility index (Phi) is 9.47. The van der Waals surface area contributed by atoms with Crippen molar-refractivity contribution >= 4 is 36.0 Å². The Bertz CT molecular complexity index is 610. The molecule has 2 atom stereocenters. The van der Waals surface area contributed by atoms with Gasteiger partial charge in [0.2, 0.25) is 5.91 Å². The first-order valence-electron chi connectivity index (χ1n) is 8.94. The average Bonchev–Trinajstić information content (AvgIpc) is 2.59. The maximum absolute atomic E-state index is 13.0. The summed E-state index contributed by atoms with van der Waals surface area (Å²) < 4.78 is 0. The molecule has 0 aromatic heterocycles. The fourth-order valence-corrected chi connectivity index (χ4v) is 3.93. The highest BCUT2D eigenvalue weighted by molar-refractivity contribution is 8.00. The predicted molar refractivity (Wildman–Crippen MR) is 110 cm³/mol. The van der Waals surface area contributed by atoms with Gasteiger partial charge >= 0.3 is 0 Å². The lowest BCUT2D eigenvalue weighted by Crippen LogP contribution is -2.45. The molecule has 1 aromatic rings. The molecule has 1 aromatic carbocycles. The maximum Gasteiger partial charge on any atom is 0.254 e. The first kappa shape index (κ1) is 22.8. The van der Waals surface area contributed by atoms with Crippen LogP contribution in [0.4, 0.5) is 0 Å². The van der Waals surface area contributed by atoms with Gasteiger partial charge < -0.3 is 16.0 Å². The van der Waals surface area contributed by atoms with E-state index in [1.54, 1.807) is 0 Å². The molecule has 0 saturated carbocycles. The van der Waals surface area contributed by atoms with Crippen molar-refractivity contribution in [2.45, 2.75) is 50.6 Å². The Morgan fingerprint density at radius 3 is 2.65 bits per heavy atom. The number of likely N-dealkylation sites (tertiary alicyclic amines) is 1. The zero-order valence-electron chi connectivity index (χ0n) is 15.7. The second-order valence-electron chi connectivity index (χ2n) is 7.02. The maximum atomic E-state index is 13.0. The van der Waals surface area contributed by atoms with Crippen molar-refractivity contribution in [3.8, 4) is 0 Å². The molecule has 146 valence electrons. The molecule has 2 amide bonds. The van der Waals surface area contributed by atoms with Crippen LogP contribution in [0, 0.1) is 5.92 Å². The minimum absolute atomic E-state index is 0. The minimum Gasteiger partial charge on any atom is -0.353 e. The van der Waals surface area contributed by atoms with Crippen LogP contribution in [-0.4, -0.2) is 47.6 Å². The predicted octanol–water partition coefficient (Wildman–Crippen LogP) is 2.92. The summed E-state index contributed by atoms with van der Waals surface area (Å²) in [5.41, 5.74) is 6.71. The van der Waals surface area contributed by atoms with Crippen molar-refractivity contribution in [3.63, 3.8) is 0 Å². The molecule has 0 bridgehead atoms. The third kappa shape index (κ3) is 6.49. The average molecular weight is 400 g/mol. The van der Waals surface area contributed by atoms with Gasteiger partial charge in [-0.3, -0.25) is 9.59 Å². The van der Waals surface area contributed by atoms with Gasteiger partial charge in [-0.1, -0.05) is 12.1 Å². The summed E-state index contributed by atoms with van der Waals surface area (Å²) >= 11 is 1.41. The number of hydrogen-bond acceptors (Lipinski definition) is 4. The van der Waals surface area contributed by atoms with Gasteiger partial charge in [0.15, 0.2) is 0 Å². The molecule has 1 aliphatic heterocycles. The molecule has 7 heteroatoms. The molecule has 0 spiro atoms. The van der Waals surface area contributed by atoms with Gasteiger partial charge in [-0.25, -0.2) is 0 Å². The van der Waals surface area contributed by atoms with E-state index in [0.29, 0.717) is 23.8 Å². The van der Waals surface area contributed by atoms with Crippen LogP contribution in [0.3, 0.4) is 0 Å². The van der Waals surface area contributed by atoms with Crippen LogP contribution in [0.25, 0.3) is 0 Å². The van der Waals surface area contributed by atoms with Gasteiger partial charge in [-0.05, 0) is 51.7 Å². The molecular weight excluding hydrogens is 370 g/mol. The smallest absolute Gasteiger partial charge is 0.254 e. The number of carbonyl (C=O) groups is 2. The van der Waals surface area contributed by atoms with Crippen molar-refractivity contribution in [1.29, 1.82) is 0 Å². The molecule has 26 heavy (non-hydrogen) atoms. The molecule has 1 aliphatic rings. The zero-order chi connectivity index (χ0) is 18.4. The first-order chi connectivity index (χ1) is 11.9. The third-order valence-electron chi connectivity index (χ3n) is 4.41. The number of nitrogens with one attached hydrogen (secondary N) is 1. The quantitative estimate of drug-likeness (QED) is 0.721. The van der Waals surface area contributed by atoms with Gasteiger partial charge in [-0.15, -0.1) is 24.2 Å². The highest BCUT2D eigenvalue weighted by atomic mass is 35.5.